The average Bonchev–Trinajstić information content (AvgIpc) is 2.91. The highest BCUT2D eigenvalue weighted by Gasteiger charge is 2.06. The van der Waals surface area contributed by atoms with Crippen LogP contribution in [0.5, 0.6) is 0 Å². The van der Waals surface area contributed by atoms with Crippen molar-refractivity contribution in [2.75, 3.05) is 26.0 Å². The molecule has 0 unspecified atom stereocenters. The summed E-state index contributed by atoms with van der Waals surface area (Å²) in [4.78, 5) is 13.9. The van der Waals surface area contributed by atoms with Gasteiger partial charge in [0.1, 0.15) is 5.01 Å². The first-order valence-electron chi connectivity index (χ1n) is 6.65. The maximum atomic E-state index is 11.8. The summed E-state index contributed by atoms with van der Waals surface area (Å²) in [7, 11) is 4.02. The molecule has 0 aliphatic heterocycles. The van der Waals surface area contributed by atoms with Gasteiger partial charge in [-0.1, -0.05) is 41.7 Å². The molecule has 0 fully saturated rings. The molecule has 1 N–H and O–H groups in total. The van der Waals surface area contributed by atoms with Gasteiger partial charge in [0.15, 0.2) is 0 Å². The second-order valence-corrected chi connectivity index (χ2v) is 5.85. The van der Waals surface area contributed by atoms with Crippen molar-refractivity contribution in [3.05, 3.63) is 47.0 Å². The summed E-state index contributed by atoms with van der Waals surface area (Å²) >= 11 is 1.41. The minimum absolute atomic E-state index is 0.200. The van der Waals surface area contributed by atoms with Crippen molar-refractivity contribution < 1.29 is 4.79 Å². The zero-order valence-electron chi connectivity index (χ0n) is 12.1. The first-order valence-corrected chi connectivity index (χ1v) is 7.46. The van der Waals surface area contributed by atoms with Gasteiger partial charge in [-0.05, 0) is 25.7 Å². The van der Waals surface area contributed by atoms with Gasteiger partial charge in [-0.3, -0.25) is 10.1 Å². The lowest BCUT2D eigenvalue weighted by molar-refractivity contribution is -0.111. The second-order valence-electron chi connectivity index (χ2n) is 4.79. The molecular formula is C15H18N4OS. The predicted molar refractivity (Wildman–Crippen MR) is 86.3 cm³/mol. The number of carbonyl (C=O) groups excluding carboxylic acids is 1. The predicted octanol–water partition coefficient (Wildman–Crippen LogP) is 2.29. The van der Waals surface area contributed by atoms with E-state index in [1.165, 1.54) is 17.4 Å². The van der Waals surface area contributed by atoms with Crippen LogP contribution in [0.15, 0.2) is 36.4 Å². The van der Waals surface area contributed by atoms with Gasteiger partial charge in [0.25, 0.3) is 0 Å². The van der Waals surface area contributed by atoms with Crippen molar-refractivity contribution in [3.63, 3.8) is 0 Å². The number of aromatic nitrogens is 2. The number of hydrogen-bond donors (Lipinski definition) is 1. The molecule has 0 spiro atoms. The number of nitrogens with one attached hydrogen (secondary N) is 1. The van der Waals surface area contributed by atoms with Crippen molar-refractivity contribution >= 4 is 28.5 Å². The van der Waals surface area contributed by atoms with Crippen molar-refractivity contribution in [3.8, 4) is 0 Å². The molecule has 0 aliphatic carbocycles. The van der Waals surface area contributed by atoms with Gasteiger partial charge in [0.05, 0.1) is 0 Å². The summed E-state index contributed by atoms with van der Waals surface area (Å²) in [6, 6.07) is 9.68. The number of hydrogen-bond acceptors (Lipinski definition) is 5. The summed E-state index contributed by atoms with van der Waals surface area (Å²) < 4.78 is 0. The molecule has 0 saturated heterocycles. The highest BCUT2D eigenvalue weighted by molar-refractivity contribution is 7.15. The number of rotatable bonds is 6. The van der Waals surface area contributed by atoms with E-state index in [0.29, 0.717) is 5.13 Å². The Balaban J connectivity index is 1.87. The molecule has 0 aliphatic rings. The molecule has 2 aromatic rings. The molecular weight excluding hydrogens is 284 g/mol. The van der Waals surface area contributed by atoms with E-state index in [2.05, 4.69) is 20.4 Å². The minimum atomic E-state index is -0.200. The van der Waals surface area contributed by atoms with Gasteiger partial charge in [0, 0.05) is 19.0 Å². The number of carbonyl (C=O) groups is 1. The summed E-state index contributed by atoms with van der Waals surface area (Å²) in [6.45, 7) is 0.913. The molecule has 21 heavy (non-hydrogen) atoms. The quantitative estimate of drug-likeness (QED) is 0.832. The van der Waals surface area contributed by atoms with E-state index in [4.69, 9.17) is 0 Å². The smallest absolute Gasteiger partial charge is 0.250 e. The topological polar surface area (TPSA) is 58.1 Å². The lowest BCUT2D eigenvalue weighted by Crippen LogP contribution is -2.14. The molecule has 5 nitrogen and oxygen atoms in total. The fourth-order valence-corrected chi connectivity index (χ4v) is 2.34. The van der Waals surface area contributed by atoms with E-state index in [0.717, 1.165) is 23.5 Å². The van der Waals surface area contributed by atoms with Crippen LogP contribution < -0.4 is 5.32 Å². The zero-order chi connectivity index (χ0) is 15.1. The third-order valence-electron chi connectivity index (χ3n) is 2.70. The third-order valence-corrected chi connectivity index (χ3v) is 3.60. The Kier molecular flexibility index (Phi) is 5.59. The van der Waals surface area contributed by atoms with Gasteiger partial charge in [-0.15, -0.1) is 10.2 Å². The molecule has 2 rings (SSSR count). The molecule has 1 amide bonds. The lowest BCUT2D eigenvalue weighted by atomic mass is 10.2. The SMILES string of the molecule is CN(C)CCc1nnc(NC(=O)C=Cc2ccccc2)s1. The van der Waals surface area contributed by atoms with Crippen molar-refractivity contribution in [1.29, 1.82) is 0 Å². The number of benzene rings is 1. The van der Waals surface area contributed by atoms with E-state index in [9.17, 15) is 4.79 Å². The average molecular weight is 302 g/mol. The van der Waals surface area contributed by atoms with Crippen molar-refractivity contribution in [2.24, 2.45) is 0 Å². The maximum Gasteiger partial charge on any atom is 0.250 e. The molecule has 0 saturated carbocycles. The number of anilines is 1. The Morgan fingerprint density at radius 1 is 1.29 bits per heavy atom. The molecule has 0 bridgehead atoms. The lowest BCUT2D eigenvalue weighted by Gasteiger charge is -2.05. The Morgan fingerprint density at radius 2 is 2.05 bits per heavy atom. The number of nitrogens with zero attached hydrogens (tertiary/aromatic N) is 3. The van der Waals surface area contributed by atoms with Crippen LogP contribution in [0.3, 0.4) is 0 Å². The number of amides is 1. The van der Waals surface area contributed by atoms with Gasteiger partial charge in [-0.2, -0.15) is 0 Å². The first-order chi connectivity index (χ1) is 10.1. The monoisotopic (exact) mass is 302 g/mol. The molecule has 6 heteroatoms. The summed E-state index contributed by atoms with van der Waals surface area (Å²) in [6.07, 6.45) is 4.10. The Hall–Kier alpha value is -2.05. The highest BCUT2D eigenvalue weighted by atomic mass is 32.1. The van der Waals surface area contributed by atoms with E-state index in [1.54, 1.807) is 6.08 Å². The van der Waals surface area contributed by atoms with Gasteiger partial charge >= 0.3 is 0 Å². The minimum Gasteiger partial charge on any atom is -0.309 e. The van der Waals surface area contributed by atoms with E-state index in [-0.39, 0.29) is 5.91 Å². The van der Waals surface area contributed by atoms with Gasteiger partial charge in [0.2, 0.25) is 11.0 Å². The molecule has 1 aromatic carbocycles. The molecule has 110 valence electrons. The van der Waals surface area contributed by atoms with Crippen LogP contribution in [0.1, 0.15) is 10.6 Å². The Morgan fingerprint density at radius 3 is 2.76 bits per heavy atom. The van der Waals surface area contributed by atoms with Crippen LogP contribution in [-0.4, -0.2) is 41.6 Å². The standard InChI is InChI=1S/C15H18N4OS/c1-19(2)11-10-14-17-18-15(21-14)16-13(20)9-8-12-6-4-3-5-7-12/h3-9H,10-11H2,1-2H3,(H,16,18,20). The normalized spacial score (nSPS) is 11.2. The van der Waals surface area contributed by atoms with E-state index in [1.807, 2.05) is 44.4 Å². The third kappa shape index (κ3) is 5.45. The first kappa shape index (κ1) is 15.3. The van der Waals surface area contributed by atoms with Crippen LogP contribution >= 0.6 is 11.3 Å². The maximum absolute atomic E-state index is 11.8. The molecule has 0 radical (unpaired) electrons. The summed E-state index contributed by atoms with van der Waals surface area (Å²) in [5.41, 5.74) is 0.983. The Labute approximate surface area is 128 Å². The van der Waals surface area contributed by atoms with Gasteiger partial charge < -0.3 is 4.90 Å². The fourth-order valence-electron chi connectivity index (χ4n) is 1.61. The van der Waals surface area contributed by atoms with E-state index >= 15 is 0 Å². The number of likely N-dealkylation sites (N-methyl/N-ethyl adjacent to an activating group) is 1. The van der Waals surface area contributed by atoms with Crippen LogP contribution in [0.4, 0.5) is 5.13 Å². The summed E-state index contributed by atoms with van der Waals surface area (Å²) in [5, 5.41) is 12.2. The van der Waals surface area contributed by atoms with Crippen LogP contribution in [0.2, 0.25) is 0 Å². The zero-order valence-corrected chi connectivity index (χ0v) is 12.9. The highest BCUT2D eigenvalue weighted by Crippen LogP contribution is 2.15. The van der Waals surface area contributed by atoms with Crippen LogP contribution in [0, 0.1) is 0 Å². The molecule has 1 aromatic heterocycles. The van der Waals surface area contributed by atoms with E-state index < -0.39 is 0 Å². The second kappa shape index (κ2) is 7.66. The fraction of sp³-hybridized carbons (Fsp3) is 0.267. The van der Waals surface area contributed by atoms with Gasteiger partial charge in [-0.25, -0.2) is 0 Å². The largest absolute Gasteiger partial charge is 0.309 e. The van der Waals surface area contributed by atoms with Crippen LogP contribution in [-0.2, 0) is 11.2 Å². The van der Waals surface area contributed by atoms with Crippen molar-refractivity contribution in [1.82, 2.24) is 15.1 Å². The summed E-state index contributed by atoms with van der Waals surface area (Å²) in [5.74, 6) is -0.200. The molecule has 0 atom stereocenters. The van der Waals surface area contributed by atoms with Crippen LogP contribution in [0.25, 0.3) is 6.08 Å². The Bertz CT molecular complexity index is 607. The van der Waals surface area contributed by atoms with Crippen molar-refractivity contribution in [2.45, 2.75) is 6.42 Å². The molecule has 1 heterocycles.